The Morgan fingerprint density at radius 1 is 1.10 bits per heavy atom. The summed E-state index contributed by atoms with van der Waals surface area (Å²) in [6, 6.07) is 1.23. The lowest BCUT2D eigenvalue weighted by Gasteiger charge is -2.36. The van der Waals surface area contributed by atoms with E-state index < -0.39 is 0 Å². The van der Waals surface area contributed by atoms with Gasteiger partial charge in [0.2, 0.25) is 0 Å². The van der Waals surface area contributed by atoms with Crippen LogP contribution < -0.4 is 5.32 Å². The van der Waals surface area contributed by atoms with E-state index in [9.17, 15) is 0 Å². The zero-order valence-corrected chi connectivity index (χ0v) is 15.3. The van der Waals surface area contributed by atoms with E-state index in [0.717, 1.165) is 19.6 Å². The molecule has 2 atom stereocenters. The average Bonchev–Trinajstić information content (AvgIpc) is 2.31. The molecule has 0 aromatic carbocycles. The van der Waals surface area contributed by atoms with Gasteiger partial charge in [0.15, 0.2) is 0 Å². The van der Waals surface area contributed by atoms with Crippen LogP contribution in [0.1, 0.15) is 54.4 Å². The average molecular weight is 286 g/mol. The summed E-state index contributed by atoms with van der Waals surface area (Å²) in [6.45, 7) is 18.5. The van der Waals surface area contributed by atoms with Gasteiger partial charge in [-0.2, -0.15) is 0 Å². The van der Waals surface area contributed by atoms with Crippen molar-refractivity contribution in [3.8, 4) is 0 Å². The van der Waals surface area contributed by atoms with Crippen LogP contribution >= 0.6 is 0 Å². The molecule has 0 aliphatic heterocycles. The van der Waals surface area contributed by atoms with E-state index in [2.05, 4.69) is 70.8 Å². The number of nitrogens with zero attached hydrogens (tertiary/aromatic N) is 2. The van der Waals surface area contributed by atoms with Gasteiger partial charge >= 0.3 is 0 Å². The third-order valence-corrected chi connectivity index (χ3v) is 4.05. The standard InChI is InChI=1S/C17H39N3/c1-9-12-18-16(17(4,5)6)11-13-20(10-2)15(3)14-19(7)8/h15-16,18H,9-14H2,1-8H3. The summed E-state index contributed by atoms with van der Waals surface area (Å²) in [5.74, 6) is 0. The predicted molar refractivity (Wildman–Crippen MR) is 91.4 cm³/mol. The van der Waals surface area contributed by atoms with Crippen LogP contribution in [0.3, 0.4) is 0 Å². The minimum atomic E-state index is 0.333. The molecule has 0 amide bonds. The molecule has 0 aliphatic rings. The van der Waals surface area contributed by atoms with Gasteiger partial charge in [0.1, 0.15) is 0 Å². The Labute approximate surface area is 128 Å². The second-order valence-electron chi connectivity index (χ2n) is 7.40. The first kappa shape index (κ1) is 19.9. The fourth-order valence-corrected chi connectivity index (χ4v) is 2.79. The molecule has 0 aliphatic carbocycles. The van der Waals surface area contributed by atoms with Gasteiger partial charge < -0.3 is 10.2 Å². The highest BCUT2D eigenvalue weighted by Crippen LogP contribution is 2.22. The highest BCUT2D eigenvalue weighted by atomic mass is 15.2. The number of likely N-dealkylation sites (N-methyl/N-ethyl adjacent to an activating group) is 2. The molecule has 2 unspecified atom stereocenters. The summed E-state index contributed by atoms with van der Waals surface area (Å²) in [4.78, 5) is 4.89. The smallest absolute Gasteiger partial charge is 0.0194 e. The fourth-order valence-electron chi connectivity index (χ4n) is 2.79. The van der Waals surface area contributed by atoms with E-state index in [0.29, 0.717) is 17.5 Å². The molecule has 122 valence electrons. The van der Waals surface area contributed by atoms with Crippen LogP contribution in [0, 0.1) is 5.41 Å². The zero-order valence-electron chi connectivity index (χ0n) is 15.3. The molecule has 0 bridgehead atoms. The van der Waals surface area contributed by atoms with Gasteiger partial charge in [-0.3, -0.25) is 4.90 Å². The Kier molecular flexibility index (Phi) is 9.69. The van der Waals surface area contributed by atoms with Gasteiger partial charge in [0, 0.05) is 18.6 Å². The van der Waals surface area contributed by atoms with Crippen molar-refractivity contribution in [2.24, 2.45) is 5.41 Å². The van der Waals surface area contributed by atoms with Crippen molar-refractivity contribution >= 4 is 0 Å². The van der Waals surface area contributed by atoms with E-state index in [4.69, 9.17) is 0 Å². The normalized spacial score (nSPS) is 15.9. The van der Waals surface area contributed by atoms with Crippen molar-refractivity contribution in [2.75, 3.05) is 40.3 Å². The van der Waals surface area contributed by atoms with Crippen molar-refractivity contribution in [1.82, 2.24) is 15.1 Å². The number of hydrogen-bond acceptors (Lipinski definition) is 3. The minimum Gasteiger partial charge on any atom is -0.313 e. The van der Waals surface area contributed by atoms with Crippen LogP contribution in [0.2, 0.25) is 0 Å². The molecule has 0 fully saturated rings. The molecule has 0 heterocycles. The van der Waals surface area contributed by atoms with Crippen LogP contribution in [-0.2, 0) is 0 Å². The maximum Gasteiger partial charge on any atom is 0.0194 e. The monoisotopic (exact) mass is 285 g/mol. The van der Waals surface area contributed by atoms with E-state index >= 15 is 0 Å². The Hall–Kier alpha value is -0.120. The molecular weight excluding hydrogens is 246 g/mol. The number of hydrogen-bond donors (Lipinski definition) is 1. The minimum absolute atomic E-state index is 0.333. The molecule has 20 heavy (non-hydrogen) atoms. The second kappa shape index (κ2) is 9.75. The van der Waals surface area contributed by atoms with Crippen LogP contribution in [0.5, 0.6) is 0 Å². The molecule has 0 saturated heterocycles. The molecule has 1 N–H and O–H groups in total. The lowest BCUT2D eigenvalue weighted by molar-refractivity contribution is 0.156. The summed E-state index contributed by atoms with van der Waals surface area (Å²) in [5, 5.41) is 3.73. The van der Waals surface area contributed by atoms with Crippen molar-refractivity contribution in [3.05, 3.63) is 0 Å². The van der Waals surface area contributed by atoms with E-state index in [1.165, 1.54) is 19.4 Å². The maximum absolute atomic E-state index is 3.73. The second-order valence-corrected chi connectivity index (χ2v) is 7.40. The fraction of sp³-hybridized carbons (Fsp3) is 1.00. The quantitative estimate of drug-likeness (QED) is 0.665. The molecule has 3 nitrogen and oxygen atoms in total. The van der Waals surface area contributed by atoms with Crippen LogP contribution in [-0.4, -0.2) is 62.2 Å². The molecule has 0 saturated carbocycles. The van der Waals surface area contributed by atoms with Crippen LogP contribution in [0.15, 0.2) is 0 Å². The predicted octanol–water partition coefficient (Wildman–Crippen LogP) is 3.06. The highest BCUT2D eigenvalue weighted by Gasteiger charge is 2.25. The Balaban J connectivity index is 4.41. The van der Waals surface area contributed by atoms with Gasteiger partial charge in [-0.15, -0.1) is 0 Å². The van der Waals surface area contributed by atoms with Crippen molar-refractivity contribution in [1.29, 1.82) is 0 Å². The number of nitrogens with one attached hydrogen (secondary N) is 1. The molecule has 0 radical (unpaired) electrons. The van der Waals surface area contributed by atoms with Gasteiger partial charge in [-0.1, -0.05) is 34.6 Å². The zero-order chi connectivity index (χ0) is 15.8. The third-order valence-electron chi connectivity index (χ3n) is 4.05. The molecule has 0 spiro atoms. The Morgan fingerprint density at radius 2 is 1.70 bits per heavy atom. The number of rotatable bonds is 10. The van der Waals surface area contributed by atoms with E-state index in [-0.39, 0.29) is 0 Å². The van der Waals surface area contributed by atoms with E-state index in [1.54, 1.807) is 0 Å². The van der Waals surface area contributed by atoms with Crippen molar-refractivity contribution in [3.63, 3.8) is 0 Å². The molecule has 0 aromatic rings. The molecule has 3 heteroatoms. The van der Waals surface area contributed by atoms with Gasteiger partial charge in [-0.25, -0.2) is 0 Å². The SMILES string of the molecule is CCCNC(CCN(CC)C(C)CN(C)C)C(C)(C)C. The largest absolute Gasteiger partial charge is 0.313 e. The lowest BCUT2D eigenvalue weighted by atomic mass is 9.84. The first-order valence-corrected chi connectivity index (χ1v) is 8.34. The molecule has 0 rings (SSSR count). The summed E-state index contributed by atoms with van der Waals surface area (Å²) in [7, 11) is 4.32. The first-order valence-electron chi connectivity index (χ1n) is 8.34. The van der Waals surface area contributed by atoms with Crippen LogP contribution in [0.25, 0.3) is 0 Å². The van der Waals surface area contributed by atoms with Crippen LogP contribution in [0.4, 0.5) is 0 Å². The maximum atomic E-state index is 3.73. The van der Waals surface area contributed by atoms with Crippen molar-refractivity contribution < 1.29 is 0 Å². The topological polar surface area (TPSA) is 18.5 Å². The lowest BCUT2D eigenvalue weighted by Crippen LogP contribution is -2.46. The summed E-state index contributed by atoms with van der Waals surface area (Å²) >= 11 is 0. The first-order chi connectivity index (χ1) is 9.22. The third kappa shape index (κ3) is 8.23. The molecule has 0 aromatic heterocycles. The van der Waals surface area contributed by atoms with Gasteiger partial charge in [-0.05, 0) is 58.9 Å². The summed E-state index contributed by atoms with van der Waals surface area (Å²) in [5.41, 5.74) is 0.333. The van der Waals surface area contributed by atoms with Gasteiger partial charge in [0.05, 0.1) is 0 Å². The summed E-state index contributed by atoms with van der Waals surface area (Å²) < 4.78 is 0. The van der Waals surface area contributed by atoms with E-state index in [1.807, 2.05) is 0 Å². The van der Waals surface area contributed by atoms with Gasteiger partial charge in [0.25, 0.3) is 0 Å². The molecular formula is C17H39N3. The Morgan fingerprint density at radius 3 is 2.10 bits per heavy atom. The summed E-state index contributed by atoms with van der Waals surface area (Å²) in [6.07, 6.45) is 2.44. The highest BCUT2D eigenvalue weighted by molar-refractivity contribution is 4.82. The Bertz CT molecular complexity index is 233. The van der Waals surface area contributed by atoms with Crippen molar-refractivity contribution in [2.45, 2.75) is 66.5 Å².